The number of fused-ring (bicyclic) bond motifs is 1. The molecule has 2 fully saturated rings. The number of benzene rings is 1. The Hall–Kier alpha value is -2.30. The largest absolute Gasteiger partial charge is 0.351 e. The van der Waals surface area contributed by atoms with Gasteiger partial charge >= 0.3 is 0 Å². The molecule has 1 aromatic carbocycles. The summed E-state index contributed by atoms with van der Waals surface area (Å²) in [4.78, 5) is 30.1. The summed E-state index contributed by atoms with van der Waals surface area (Å²) in [7, 11) is 0. The van der Waals surface area contributed by atoms with Gasteiger partial charge in [0.05, 0.1) is 0 Å². The third kappa shape index (κ3) is 2.81. The van der Waals surface area contributed by atoms with E-state index in [0.717, 1.165) is 22.9 Å². The highest BCUT2D eigenvalue weighted by Crippen LogP contribution is 2.45. The average Bonchev–Trinajstić information content (AvgIpc) is 3.01. The van der Waals surface area contributed by atoms with Gasteiger partial charge < -0.3 is 15.2 Å². The summed E-state index contributed by atoms with van der Waals surface area (Å²) >= 11 is 0. The van der Waals surface area contributed by atoms with Crippen molar-refractivity contribution in [3.63, 3.8) is 0 Å². The number of nitrogens with one attached hydrogen (secondary N) is 2. The van der Waals surface area contributed by atoms with Crippen molar-refractivity contribution in [1.82, 2.24) is 15.2 Å². The molecule has 5 nitrogen and oxygen atoms in total. The number of carbonyl (C=O) groups excluding carboxylic acids is 2. The van der Waals surface area contributed by atoms with Crippen LogP contribution < -0.4 is 5.32 Å². The Labute approximate surface area is 147 Å². The van der Waals surface area contributed by atoms with Gasteiger partial charge in [-0.1, -0.05) is 32.0 Å². The van der Waals surface area contributed by atoms with Crippen LogP contribution in [0.4, 0.5) is 0 Å². The summed E-state index contributed by atoms with van der Waals surface area (Å²) < 4.78 is 0. The zero-order chi connectivity index (χ0) is 17.7. The van der Waals surface area contributed by atoms with Gasteiger partial charge in [-0.25, -0.2) is 0 Å². The van der Waals surface area contributed by atoms with E-state index >= 15 is 0 Å². The molecule has 1 saturated heterocycles. The Kier molecular flexibility index (Phi) is 3.82. The summed E-state index contributed by atoms with van der Waals surface area (Å²) in [5, 5.41) is 4.19. The standard InChI is InChI=1S/C20H25N3O2/c1-11-5-4-6-14-9-16(22-18(11)14)20(25)23-8-7-15(10-23)21-19(24)17-12(2)13(17)3/h4-6,9,12-13,15,17,22H,7-8,10H2,1-3H3,(H,21,24)/t12-,13+,15?,17?. The highest BCUT2D eigenvalue weighted by Gasteiger charge is 2.48. The Balaban J connectivity index is 1.41. The molecule has 2 heterocycles. The monoisotopic (exact) mass is 339 g/mol. The lowest BCUT2D eigenvalue weighted by Gasteiger charge is -2.16. The molecule has 0 spiro atoms. The first-order valence-electron chi connectivity index (χ1n) is 9.13. The third-order valence-corrected chi connectivity index (χ3v) is 6.04. The minimum atomic E-state index is 0.0144. The van der Waals surface area contributed by atoms with Crippen molar-refractivity contribution >= 4 is 22.7 Å². The van der Waals surface area contributed by atoms with Gasteiger partial charge in [0, 0.05) is 36.0 Å². The molecule has 132 valence electrons. The molecule has 4 rings (SSSR count). The van der Waals surface area contributed by atoms with E-state index in [-0.39, 0.29) is 23.8 Å². The number of amides is 2. The number of aromatic amines is 1. The van der Waals surface area contributed by atoms with Crippen molar-refractivity contribution in [2.75, 3.05) is 13.1 Å². The Morgan fingerprint density at radius 1 is 1.24 bits per heavy atom. The second-order valence-electron chi connectivity index (χ2n) is 7.71. The molecular weight excluding hydrogens is 314 g/mol. The first-order chi connectivity index (χ1) is 12.0. The molecule has 1 aliphatic heterocycles. The van der Waals surface area contributed by atoms with E-state index in [2.05, 4.69) is 24.1 Å². The van der Waals surface area contributed by atoms with E-state index in [1.165, 1.54) is 0 Å². The molecule has 1 aromatic heterocycles. The van der Waals surface area contributed by atoms with E-state index in [1.807, 2.05) is 36.1 Å². The number of aromatic nitrogens is 1. The second kappa shape index (κ2) is 5.90. The molecule has 25 heavy (non-hydrogen) atoms. The number of para-hydroxylation sites is 1. The zero-order valence-electron chi connectivity index (χ0n) is 15.0. The van der Waals surface area contributed by atoms with Crippen LogP contribution in [0.2, 0.25) is 0 Å². The lowest BCUT2D eigenvalue weighted by atomic mass is 10.2. The van der Waals surface area contributed by atoms with Crippen molar-refractivity contribution in [3.8, 4) is 0 Å². The minimum Gasteiger partial charge on any atom is -0.351 e. The summed E-state index contributed by atoms with van der Waals surface area (Å²) in [6.45, 7) is 7.56. The molecule has 2 aliphatic rings. The maximum atomic E-state index is 12.8. The number of hydrogen-bond donors (Lipinski definition) is 2. The van der Waals surface area contributed by atoms with Crippen LogP contribution >= 0.6 is 0 Å². The molecule has 2 N–H and O–H groups in total. The number of hydrogen-bond acceptors (Lipinski definition) is 2. The van der Waals surface area contributed by atoms with Crippen LogP contribution in [0.1, 0.15) is 36.3 Å². The van der Waals surface area contributed by atoms with Gasteiger partial charge in [-0.05, 0) is 36.8 Å². The lowest BCUT2D eigenvalue weighted by Crippen LogP contribution is -2.39. The van der Waals surface area contributed by atoms with Crippen molar-refractivity contribution in [2.24, 2.45) is 17.8 Å². The number of rotatable bonds is 3. The van der Waals surface area contributed by atoms with E-state index in [1.54, 1.807) is 0 Å². The Morgan fingerprint density at radius 2 is 2.00 bits per heavy atom. The first-order valence-corrected chi connectivity index (χ1v) is 9.13. The zero-order valence-corrected chi connectivity index (χ0v) is 15.0. The van der Waals surface area contributed by atoms with E-state index in [0.29, 0.717) is 30.6 Å². The van der Waals surface area contributed by atoms with Crippen molar-refractivity contribution < 1.29 is 9.59 Å². The number of carbonyl (C=O) groups is 2. The normalized spacial score (nSPS) is 28.4. The highest BCUT2D eigenvalue weighted by atomic mass is 16.2. The molecule has 2 amide bonds. The summed E-state index contributed by atoms with van der Waals surface area (Å²) in [6.07, 6.45) is 0.826. The molecular formula is C20H25N3O2. The maximum absolute atomic E-state index is 12.8. The van der Waals surface area contributed by atoms with Gasteiger partial charge in [-0.3, -0.25) is 9.59 Å². The molecule has 1 aliphatic carbocycles. The molecule has 0 radical (unpaired) electrons. The fraction of sp³-hybridized carbons (Fsp3) is 0.500. The average molecular weight is 339 g/mol. The molecule has 5 heteroatoms. The van der Waals surface area contributed by atoms with Gasteiger partial charge in [-0.15, -0.1) is 0 Å². The maximum Gasteiger partial charge on any atom is 0.270 e. The van der Waals surface area contributed by atoms with Crippen LogP contribution in [0, 0.1) is 24.7 Å². The number of aryl methyl sites for hydroxylation is 1. The Morgan fingerprint density at radius 3 is 2.68 bits per heavy atom. The molecule has 2 aromatic rings. The second-order valence-corrected chi connectivity index (χ2v) is 7.71. The van der Waals surface area contributed by atoms with Crippen molar-refractivity contribution in [1.29, 1.82) is 0 Å². The van der Waals surface area contributed by atoms with Crippen LogP contribution in [-0.2, 0) is 4.79 Å². The number of likely N-dealkylation sites (tertiary alicyclic amines) is 1. The van der Waals surface area contributed by atoms with Crippen LogP contribution in [0.3, 0.4) is 0 Å². The summed E-state index contributed by atoms with van der Waals surface area (Å²) in [6, 6.07) is 8.04. The van der Waals surface area contributed by atoms with E-state index in [4.69, 9.17) is 0 Å². The van der Waals surface area contributed by atoms with Gasteiger partial charge in [0.15, 0.2) is 0 Å². The van der Waals surface area contributed by atoms with Crippen LogP contribution in [0.5, 0.6) is 0 Å². The molecule has 1 saturated carbocycles. The van der Waals surface area contributed by atoms with Crippen molar-refractivity contribution in [3.05, 3.63) is 35.5 Å². The van der Waals surface area contributed by atoms with Crippen LogP contribution in [-0.4, -0.2) is 40.8 Å². The fourth-order valence-electron chi connectivity index (χ4n) is 4.09. The summed E-state index contributed by atoms with van der Waals surface area (Å²) in [5.74, 6) is 1.28. The van der Waals surface area contributed by atoms with Crippen molar-refractivity contribution in [2.45, 2.75) is 33.2 Å². The molecule has 4 atom stereocenters. The highest BCUT2D eigenvalue weighted by molar-refractivity contribution is 5.98. The summed E-state index contributed by atoms with van der Waals surface area (Å²) in [5.41, 5.74) is 2.78. The van der Waals surface area contributed by atoms with E-state index < -0.39 is 0 Å². The Bertz CT molecular complexity index is 833. The first kappa shape index (κ1) is 16.2. The predicted octanol–water partition coefficient (Wildman–Crippen LogP) is 2.71. The van der Waals surface area contributed by atoms with E-state index in [9.17, 15) is 9.59 Å². The van der Waals surface area contributed by atoms with Gasteiger partial charge in [0.1, 0.15) is 5.69 Å². The number of nitrogens with zero attached hydrogens (tertiary/aromatic N) is 1. The van der Waals surface area contributed by atoms with Crippen LogP contribution in [0.25, 0.3) is 10.9 Å². The van der Waals surface area contributed by atoms with Gasteiger partial charge in [0.2, 0.25) is 5.91 Å². The van der Waals surface area contributed by atoms with Crippen LogP contribution in [0.15, 0.2) is 24.3 Å². The third-order valence-electron chi connectivity index (χ3n) is 6.04. The SMILES string of the molecule is Cc1cccc2cc(C(=O)N3CCC(NC(=O)C4[C@@H](C)[C@H]4C)C3)[nH]c12. The molecule has 2 unspecified atom stereocenters. The molecule has 0 bridgehead atoms. The lowest BCUT2D eigenvalue weighted by molar-refractivity contribution is -0.123. The fourth-order valence-corrected chi connectivity index (χ4v) is 4.09. The number of H-pyrrole nitrogens is 1. The topological polar surface area (TPSA) is 65.2 Å². The minimum absolute atomic E-state index is 0.0144. The smallest absolute Gasteiger partial charge is 0.270 e. The van der Waals surface area contributed by atoms with Gasteiger partial charge in [-0.2, -0.15) is 0 Å². The quantitative estimate of drug-likeness (QED) is 0.903. The van der Waals surface area contributed by atoms with Gasteiger partial charge in [0.25, 0.3) is 5.91 Å². The predicted molar refractivity (Wildman–Crippen MR) is 97.3 cm³/mol.